The highest BCUT2D eigenvalue weighted by atomic mass is 16.7. The molecule has 208 valence electrons. The van der Waals surface area contributed by atoms with E-state index in [0.717, 1.165) is 44.9 Å². The molecule has 8 nitrogen and oxygen atoms in total. The number of hydrogen-bond donors (Lipinski definition) is 6. The van der Waals surface area contributed by atoms with Crippen molar-refractivity contribution in [2.45, 2.75) is 122 Å². The molecule has 8 heteroatoms. The van der Waals surface area contributed by atoms with E-state index in [2.05, 4.69) is 27.7 Å². The van der Waals surface area contributed by atoms with Crippen LogP contribution in [0.1, 0.15) is 79.1 Å². The van der Waals surface area contributed by atoms with Crippen molar-refractivity contribution >= 4 is 0 Å². The second kappa shape index (κ2) is 9.12. The first-order valence-electron chi connectivity index (χ1n) is 14.1. The third-order valence-corrected chi connectivity index (χ3v) is 12.5. The molecule has 1 heterocycles. The minimum Gasteiger partial charge on any atom is -0.394 e. The van der Waals surface area contributed by atoms with Crippen molar-refractivity contribution in [3.63, 3.8) is 0 Å². The van der Waals surface area contributed by atoms with Crippen LogP contribution in [0.3, 0.4) is 0 Å². The highest BCUT2D eigenvalue weighted by molar-refractivity contribution is 5.17. The maximum Gasteiger partial charge on any atom is 0.186 e. The van der Waals surface area contributed by atoms with Gasteiger partial charge in [-0.25, -0.2) is 0 Å². The third-order valence-electron chi connectivity index (χ3n) is 12.5. The summed E-state index contributed by atoms with van der Waals surface area (Å²) in [6.07, 6.45) is 0.459. The van der Waals surface area contributed by atoms with Gasteiger partial charge in [-0.15, -0.1) is 0 Å². The SMILES string of the molecule is C[C@@]1(CO[C@@H]2O[C@H](CO)[C@@H](O)[C@H](O)[C@H]2O)[C@H]2CC[C@]3(C)[C@H](CC[C@@H]4[C@@H](O)CC[C@]43C)[C@]2(C)CC[C@H]1O. The van der Waals surface area contributed by atoms with E-state index in [4.69, 9.17) is 9.47 Å². The van der Waals surface area contributed by atoms with Crippen molar-refractivity contribution in [1.29, 1.82) is 0 Å². The van der Waals surface area contributed by atoms with Crippen LogP contribution < -0.4 is 0 Å². The Kier molecular flexibility index (Phi) is 6.90. The maximum absolute atomic E-state index is 11.3. The molecule has 0 spiro atoms. The van der Waals surface area contributed by atoms with Crippen LogP contribution in [-0.2, 0) is 9.47 Å². The van der Waals surface area contributed by atoms with Crippen LogP contribution in [0.15, 0.2) is 0 Å². The summed E-state index contributed by atoms with van der Waals surface area (Å²) in [6.45, 7) is 9.03. The Balaban J connectivity index is 1.39. The molecular formula is C28H48O8. The predicted molar refractivity (Wildman–Crippen MR) is 132 cm³/mol. The number of rotatable bonds is 4. The van der Waals surface area contributed by atoms with E-state index in [1.807, 2.05) is 0 Å². The van der Waals surface area contributed by atoms with Crippen molar-refractivity contribution in [3.05, 3.63) is 0 Å². The first kappa shape index (κ1) is 27.3. The lowest BCUT2D eigenvalue weighted by atomic mass is 9.35. The van der Waals surface area contributed by atoms with Crippen LogP contribution in [0, 0.1) is 39.4 Å². The quantitative estimate of drug-likeness (QED) is 0.334. The van der Waals surface area contributed by atoms with Gasteiger partial charge in [-0.3, -0.25) is 0 Å². The Bertz CT molecular complexity index is 823. The van der Waals surface area contributed by atoms with E-state index in [0.29, 0.717) is 18.3 Å². The van der Waals surface area contributed by atoms with E-state index in [1.165, 1.54) is 0 Å². The van der Waals surface area contributed by atoms with Gasteiger partial charge in [0.1, 0.15) is 24.4 Å². The average molecular weight is 513 g/mol. The molecule has 1 saturated heterocycles. The minimum atomic E-state index is -1.48. The monoisotopic (exact) mass is 512 g/mol. The second-order valence-corrected chi connectivity index (χ2v) is 13.8. The molecule has 0 aromatic heterocycles. The van der Waals surface area contributed by atoms with Gasteiger partial charge < -0.3 is 40.1 Å². The Morgan fingerprint density at radius 2 is 1.44 bits per heavy atom. The molecule has 36 heavy (non-hydrogen) atoms. The lowest BCUT2D eigenvalue weighted by molar-refractivity contribution is -0.316. The number of fused-ring (bicyclic) bond motifs is 5. The molecule has 4 aliphatic carbocycles. The van der Waals surface area contributed by atoms with Crippen molar-refractivity contribution < 1.29 is 40.1 Å². The van der Waals surface area contributed by atoms with Gasteiger partial charge in [0.25, 0.3) is 0 Å². The van der Waals surface area contributed by atoms with Gasteiger partial charge in [-0.1, -0.05) is 27.7 Å². The second-order valence-electron chi connectivity index (χ2n) is 13.8. The van der Waals surface area contributed by atoms with Crippen molar-refractivity contribution in [3.8, 4) is 0 Å². The van der Waals surface area contributed by atoms with Crippen LogP contribution in [0.2, 0.25) is 0 Å². The van der Waals surface area contributed by atoms with Gasteiger partial charge in [0, 0.05) is 5.41 Å². The zero-order chi connectivity index (χ0) is 26.3. The summed E-state index contributed by atoms with van der Waals surface area (Å²) in [6, 6.07) is 0. The zero-order valence-electron chi connectivity index (χ0n) is 22.3. The molecule has 1 aliphatic heterocycles. The van der Waals surface area contributed by atoms with Crippen molar-refractivity contribution in [2.75, 3.05) is 13.2 Å². The van der Waals surface area contributed by atoms with Crippen LogP contribution in [0.25, 0.3) is 0 Å². The molecule has 0 radical (unpaired) electrons. The van der Waals surface area contributed by atoms with Gasteiger partial charge in [-0.05, 0) is 85.4 Å². The summed E-state index contributed by atoms with van der Waals surface area (Å²) < 4.78 is 11.7. The van der Waals surface area contributed by atoms with E-state index < -0.39 is 48.8 Å². The van der Waals surface area contributed by atoms with Crippen LogP contribution >= 0.6 is 0 Å². The lowest BCUT2D eigenvalue weighted by Gasteiger charge is -2.70. The highest BCUT2D eigenvalue weighted by Gasteiger charge is 2.69. The molecule has 5 rings (SSSR count). The molecular weight excluding hydrogens is 464 g/mol. The summed E-state index contributed by atoms with van der Waals surface area (Å²) in [5.74, 6) is 1.08. The molecule has 5 fully saturated rings. The van der Waals surface area contributed by atoms with E-state index in [-0.39, 0.29) is 34.9 Å². The molecule has 5 aliphatic rings. The summed E-state index contributed by atoms with van der Waals surface area (Å²) in [7, 11) is 0. The molecule has 0 bridgehead atoms. The third kappa shape index (κ3) is 3.62. The Morgan fingerprint density at radius 3 is 2.14 bits per heavy atom. The maximum atomic E-state index is 11.3. The largest absolute Gasteiger partial charge is 0.394 e. The standard InChI is InChI=1S/C28H48O8/c1-25-10-9-20(31)26(2,14-35-24-23(34)22(33)21(32)17(13-29)36-24)18(25)8-12-28(4)19(25)6-5-15-16(30)7-11-27(15,28)3/h15-24,29-34H,5-14H2,1-4H3/t15-,16+,17-,18+,19-,20-,21-,22+,23-,24-,25-,26-,27-,28-/m1/s1. The number of hydrogen-bond acceptors (Lipinski definition) is 8. The molecule has 0 amide bonds. The number of ether oxygens (including phenoxy) is 2. The summed E-state index contributed by atoms with van der Waals surface area (Å²) >= 11 is 0. The Labute approximate surface area is 215 Å². The first-order chi connectivity index (χ1) is 16.8. The predicted octanol–water partition coefficient (Wildman–Crippen LogP) is 1.57. The smallest absolute Gasteiger partial charge is 0.186 e. The summed E-state index contributed by atoms with van der Waals surface area (Å²) in [5, 5.41) is 62.4. The van der Waals surface area contributed by atoms with Crippen LogP contribution in [0.4, 0.5) is 0 Å². The van der Waals surface area contributed by atoms with Gasteiger partial charge >= 0.3 is 0 Å². The van der Waals surface area contributed by atoms with Crippen LogP contribution in [-0.4, -0.2) is 86.8 Å². The van der Waals surface area contributed by atoms with Gasteiger partial charge in [0.05, 0.1) is 25.4 Å². The summed E-state index contributed by atoms with van der Waals surface area (Å²) in [4.78, 5) is 0. The Morgan fingerprint density at radius 1 is 0.750 bits per heavy atom. The van der Waals surface area contributed by atoms with Crippen molar-refractivity contribution in [2.24, 2.45) is 39.4 Å². The van der Waals surface area contributed by atoms with Gasteiger partial charge in [-0.2, -0.15) is 0 Å². The zero-order valence-corrected chi connectivity index (χ0v) is 22.3. The van der Waals surface area contributed by atoms with E-state index in [9.17, 15) is 30.6 Å². The van der Waals surface area contributed by atoms with Crippen LogP contribution in [0.5, 0.6) is 0 Å². The molecule has 0 aromatic rings. The minimum absolute atomic E-state index is 0.0151. The van der Waals surface area contributed by atoms with E-state index >= 15 is 0 Å². The van der Waals surface area contributed by atoms with Gasteiger partial charge in [0.2, 0.25) is 0 Å². The fourth-order valence-electron chi connectivity index (χ4n) is 10.2. The van der Waals surface area contributed by atoms with E-state index in [1.54, 1.807) is 0 Å². The van der Waals surface area contributed by atoms with Crippen molar-refractivity contribution in [1.82, 2.24) is 0 Å². The normalized spacial score (nSPS) is 59.2. The number of aliphatic hydroxyl groups is 6. The number of aliphatic hydroxyl groups excluding tert-OH is 6. The molecule has 14 atom stereocenters. The first-order valence-corrected chi connectivity index (χ1v) is 14.1. The Hall–Kier alpha value is -0.320. The fourth-order valence-corrected chi connectivity index (χ4v) is 10.2. The molecule has 0 unspecified atom stereocenters. The molecule has 6 N–H and O–H groups in total. The molecule has 4 saturated carbocycles. The lowest BCUT2D eigenvalue weighted by Crippen LogP contribution is -2.65. The highest BCUT2D eigenvalue weighted by Crippen LogP contribution is 2.74. The fraction of sp³-hybridized carbons (Fsp3) is 1.00. The topological polar surface area (TPSA) is 140 Å². The molecule has 0 aromatic carbocycles. The average Bonchev–Trinajstić information content (AvgIpc) is 3.15. The summed E-state index contributed by atoms with van der Waals surface area (Å²) in [5.41, 5.74) is -0.288. The van der Waals surface area contributed by atoms with Gasteiger partial charge in [0.15, 0.2) is 6.29 Å².